The van der Waals surface area contributed by atoms with Crippen molar-refractivity contribution in [1.29, 1.82) is 0 Å². The van der Waals surface area contributed by atoms with Gasteiger partial charge < -0.3 is 4.74 Å². The smallest absolute Gasteiger partial charge is 0.387 e. The zero-order valence-electron chi connectivity index (χ0n) is 13.0. The summed E-state index contributed by atoms with van der Waals surface area (Å²) in [5.74, 6) is -0.776. The zero-order valence-corrected chi connectivity index (χ0v) is 13.0. The van der Waals surface area contributed by atoms with Crippen molar-refractivity contribution in [2.75, 3.05) is 0 Å². The number of aromatic nitrogens is 2. The van der Waals surface area contributed by atoms with Crippen LogP contribution in [0.5, 0.6) is 5.75 Å². The molecule has 1 aromatic carbocycles. The van der Waals surface area contributed by atoms with Gasteiger partial charge in [0.2, 0.25) is 0 Å². The van der Waals surface area contributed by atoms with E-state index in [2.05, 4.69) is 9.72 Å². The average Bonchev–Trinajstić information content (AvgIpc) is 2.42. The Morgan fingerprint density at radius 1 is 1.26 bits per heavy atom. The Hall–Kier alpha value is -2.31. The van der Waals surface area contributed by atoms with Crippen molar-refractivity contribution in [3.63, 3.8) is 0 Å². The molecule has 0 radical (unpaired) electrons. The van der Waals surface area contributed by atoms with Gasteiger partial charge >= 0.3 is 12.3 Å². The van der Waals surface area contributed by atoms with Crippen molar-refractivity contribution in [2.24, 2.45) is 0 Å². The van der Waals surface area contributed by atoms with Crippen molar-refractivity contribution < 1.29 is 17.9 Å². The molecule has 23 heavy (non-hydrogen) atoms. The van der Waals surface area contributed by atoms with Crippen LogP contribution in [0, 0.1) is 5.82 Å². The van der Waals surface area contributed by atoms with Gasteiger partial charge in [-0.1, -0.05) is 20.8 Å². The summed E-state index contributed by atoms with van der Waals surface area (Å²) in [6.45, 7) is 2.61. The molecular formula is C16H17F3N2O2. The molecule has 0 saturated heterocycles. The molecule has 0 aliphatic rings. The Labute approximate surface area is 131 Å². The number of rotatable bonds is 4. The lowest BCUT2D eigenvalue weighted by molar-refractivity contribution is -0.0505. The molecule has 4 nitrogen and oxygen atoms in total. The van der Waals surface area contributed by atoms with Crippen LogP contribution >= 0.6 is 0 Å². The number of ether oxygens (including phenoxy) is 1. The summed E-state index contributed by atoms with van der Waals surface area (Å²) in [7, 11) is 0. The fraction of sp³-hybridized carbons (Fsp3) is 0.375. The highest BCUT2D eigenvalue weighted by Crippen LogP contribution is 2.23. The Morgan fingerprint density at radius 3 is 2.52 bits per heavy atom. The van der Waals surface area contributed by atoms with E-state index in [1.54, 1.807) is 6.07 Å². The molecule has 0 bridgehead atoms. The molecule has 0 atom stereocenters. The highest BCUT2D eigenvalue weighted by atomic mass is 19.3. The van der Waals surface area contributed by atoms with Crippen LogP contribution in [0.1, 0.15) is 32.0 Å². The van der Waals surface area contributed by atoms with Crippen LogP contribution in [0.2, 0.25) is 0 Å². The molecule has 0 aliphatic heterocycles. The van der Waals surface area contributed by atoms with Gasteiger partial charge in [0.15, 0.2) is 0 Å². The number of alkyl halides is 2. The first-order valence-corrected chi connectivity index (χ1v) is 6.98. The maximum atomic E-state index is 13.4. The lowest BCUT2D eigenvalue weighted by atomic mass is 9.92. The summed E-state index contributed by atoms with van der Waals surface area (Å²) in [6, 6.07) is 4.86. The number of halogens is 3. The third-order valence-electron chi connectivity index (χ3n) is 3.22. The zero-order chi connectivity index (χ0) is 17.2. The van der Waals surface area contributed by atoms with Gasteiger partial charge in [-0.2, -0.15) is 13.8 Å². The van der Waals surface area contributed by atoms with E-state index >= 15 is 0 Å². The largest absolute Gasteiger partial charge is 0.434 e. The molecule has 0 saturated carbocycles. The van der Waals surface area contributed by atoms with E-state index in [0.717, 1.165) is 18.2 Å². The van der Waals surface area contributed by atoms with Crippen LogP contribution in [-0.2, 0) is 12.0 Å². The van der Waals surface area contributed by atoms with Crippen molar-refractivity contribution in [1.82, 2.24) is 9.55 Å². The predicted octanol–water partition coefficient (Wildman–Crippen LogP) is 3.33. The molecule has 0 fully saturated rings. The van der Waals surface area contributed by atoms with Crippen LogP contribution in [0.15, 0.2) is 35.3 Å². The van der Waals surface area contributed by atoms with E-state index < -0.39 is 18.1 Å². The lowest BCUT2D eigenvalue weighted by Crippen LogP contribution is -2.27. The maximum Gasteiger partial charge on any atom is 0.387 e. The van der Waals surface area contributed by atoms with E-state index in [9.17, 15) is 18.0 Å². The molecule has 0 N–H and O–H groups in total. The monoisotopic (exact) mass is 326 g/mol. The molecule has 124 valence electrons. The normalized spacial score (nSPS) is 11.8. The number of benzene rings is 1. The summed E-state index contributed by atoms with van der Waals surface area (Å²) in [5.41, 5.74) is -0.0782. The second kappa shape index (κ2) is 6.44. The first-order valence-electron chi connectivity index (χ1n) is 6.98. The van der Waals surface area contributed by atoms with Crippen LogP contribution in [0.4, 0.5) is 13.2 Å². The fourth-order valence-electron chi connectivity index (χ4n) is 2.03. The first kappa shape index (κ1) is 17.1. The van der Waals surface area contributed by atoms with Crippen LogP contribution in [0.3, 0.4) is 0 Å². The lowest BCUT2D eigenvalue weighted by Gasteiger charge is -2.18. The van der Waals surface area contributed by atoms with E-state index in [0.29, 0.717) is 5.69 Å². The van der Waals surface area contributed by atoms with E-state index in [-0.39, 0.29) is 23.3 Å². The summed E-state index contributed by atoms with van der Waals surface area (Å²) in [4.78, 5) is 16.1. The van der Waals surface area contributed by atoms with Crippen LogP contribution in [0.25, 0.3) is 0 Å². The Bertz CT molecular complexity index is 752. The molecule has 1 heterocycles. The molecule has 2 aromatic rings. The predicted molar refractivity (Wildman–Crippen MR) is 79.3 cm³/mol. The van der Waals surface area contributed by atoms with E-state index in [4.69, 9.17) is 0 Å². The molecule has 2 rings (SSSR count). The SMILES string of the molecule is CC(C)(C)c1ccn(Cc2cc(F)ccc2OC(F)F)c(=O)n1. The highest BCUT2D eigenvalue weighted by molar-refractivity contribution is 5.34. The second-order valence-electron chi connectivity index (χ2n) is 6.10. The maximum absolute atomic E-state index is 13.4. The van der Waals surface area contributed by atoms with E-state index in [1.165, 1.54) is 10.8 Å². The van der Waals surface area contributed by atoms with Crippen LogP contribution < -0.4 is 10.4 Å². The third-order valence-corrected chi connectivity index (χ3v) is 3.22. The molecule has 0 unspecified atom stereocenters. The second-order valence-corrected chi connectivity index (χ2v) is 6.10. The Kier molecular flexibility index (Phi) is 4.77. The quantitative estimate of drug-likeness (QED) is 0.866. The van der Waals surface area contributed by atoms with Gasteiger partial charge in [0.1, 0.15) is 11.6 Å². The fourth-order valence-corrected chi connectivity index (χ4v) is 2.03. The highest BCUT2D eigenvalue weighted by Gasteiger charge is 2.17. The number of nitrogens with zero attached hydrogens (tertiary/aromatic N) is 2. The van der Waals surface area contributed by atoms with Gasteiger partial charge in [-0.3, -0.25) is 4.57 Å². The van der Waals surface area contributed by atoms with Gasteiger partial charge in [-0.15, -0.1) is 0 Å². The van der Waals surface area contributed by atoms with Crippen molar-refractivity contribution in [3.05, 3.63) is 58.0 Å². The summed E-state index contributed by atoms with van der Waals surface area (Å²) < 4.78 is 43.7. The first-order chi connectivity index (χ1) is 10.7. The Balaban J connectivity index is 2.36. The number of hydrogen-bond donors (Lipinski definition) is 0. The minimum Gasteiger partial charge on any atom is -0.434 e. The molecule has 1 aromatic heterocycles. The molecule has 0 spiro atoms. The van der Waals surface area contributed by atoms with Gasteiger partial charge in [0, 0.05) is 17.2 Å². The topological polar surface area (TPSA) is 44.1 Å². The summed E-state index contributed by atoms with van der Waals surface area (Å²) >= 11 is 0. The minimum atomic E-state index is -3.03. The van der Waals surface area contributed by atoms with Crippen LogP contribution in [-0.4, -0.2) is 16.2 Å². The van der Waals surface area contributed by atoms with Gasteiger partial charge in [-0.25, -0.2) is 9.18 Å². The van der Waals surface area contributed by atoms with E-state index in [1.807, 2.05) is 20.8 Å². The molecule has 0 aliphatic carbocycles. The average molecular weight is 326 g/mol. The number of hydrogen-bond acceptors (Lipinski definition) is 3. The summed E-state index contributed by atoms with van der Waals surface area (Å²) in [5, 5.41) is 0. The molecular weight excluding hydrogens is 309 g/mol. The third kappa shape index (κ3) is 4.34. The van der Waals surface area contributed by atoms with Gasteiger partial charge in [0.05, 0.1) is 12.2 Å². The van der Waals surface area contributed by atoms with Gasteiger partial charge in [-0.05, 0) is 24.3 Å². The van der Waals surface area contributed by atoms with Gasteiger partial charge in [0.25, 0.3) is 0 Å². The Morgan fingerprint density at radius 2 is 1.96 bits per heavy atom. The van der Waals surface area contributed by atoms with Crippen molar-refractivity contribution in [3.8, 4) is 5.75 Å². The van der Waals surface area contributed by atoms with Crippen molar-refractivity contribution in [2.45, 2.75) is 39.3 Å². The minimum absolute atomic E-state index is 0.115. The molecule has 0 amide bonds. The van der Waals surface area contributed by atoms with Crippen molar-refractivity contribution >= 4 is 0 Å². The summed E-state index contributed by atoms with van der Waals surface area (Å²) in [6.07, 6.45) is 1.51. The molecule has 7 heteroatoms. The standard InChI is InChI=1S/C16H17F3N2O2/c1-16(2,3)13-6-7-21(15(22)20-13)9-10-8-11(17)4-5-12(10)23-14(18)19/h4-8,14H,9H2,1-3H3.